The van der Waals surface area contributed by atoms with Crippen molar-refractivity contribution in [3.05, 3.63) is 20.3 Å². The molecule has 1 nitrogen and oxygen atoms in total. The van der Waals surface area contributed by atoms with E-state index in [0.29, 0.717) is 6.04 Å². The van der Waals surface area contributed by atoms with Crippen LogP contribution in [0.2, 0.25) is 0 Å². The topological polar surface area (TPSA) is 12.0 Å². The first-order chi connectivity index (χ1) is 8.70. The average Bonchev–Trinajstić information content (AvgIpc) is 2.71. The van der Waals surface area contributed by atoms with E-state index in [1.54, 1.807) is 0 Å². The summed E-state index contributed by atoms with van der Waals surface area (Å²) in [4.78, 5) is 2.88. The first kappa shape index (κ1) is 14.5. The lowest BCUT2D eigenvalue weighted by molar-refractivity contribution is 0.318. The molecular weight excluding hydrogens is 306 g/mol. The van der Waals surface area contributed by atoms with Crippen molar-refractivity contribution in [1.82, 2.24) is 5.32 Å². The van der Waals surface area contributed by atoms with Crippen LogP contribution in [0.5, 0.6) is 0 Å². The molecular formula is C15H24BrNS. The molecule has 1 aliphatic rings. The summed E-state index contributed by atoms with van der Waals surface area (Å²) >= 11 is 5.55. The fourth-order valence-corrected chi connectivity index (χ4v) is 4.67. The van der Waals surface area contributed by atoms with E-state index in [2.05, 4.69) is 41.3 Å². The number of hydrogen-bond donors (Lipinski definition) is 1. The Morgan fingerprint density at radius 1 is 1.39 bits per heavy atom. The van der Waals surface area contributed by atoms with Crippen LogP contribution in [0.25, 0.3) is 0 Å². The van der Waals surface area contributed by atoms with Gasteiger partial charge in [-0.05, 0) is 54.7 Å². The lowest BCUT2D eigenvalue weighted by Gasteiger charge is -2.23. The van der Waals surface area contributed by atoms with Gasteiger partial charge in [-0.15, -0.1) is 11.3 Å². The molecule has 1 saturated carbocycles. The van der Waals surface area contributed by atoms with Crippen molar-refractivity contribution in [3.8, 4) is 0 Å². The molecule has 1 aromatic heterocycles. The molecule has 1 aliphatic carbocycles. The first-order valence-electron chi connectivity index (χ1n) is 7.13. The monoisotopic (exact) mass is 329 g/mol. The molecule has 0 spiro atoms. The largest absolute Gasteiger partial charge is 0.312 e. The van der Waals surface area contributed by atoms with E-state index >= 15 is 0 Å². The van der Waals surface area contributed by atoms with Crippen LogP contribution in [-0.4, -0.2) is 7.05 Å². The van der Waals surface area contributed by atoms with E-state index in [4.69, 9.17) is 0 Å². The van der Waals surface area contributed by atoms with Crippen molar-refractivity contribution in [2.45, 2.75) is 57.9 Å². The first-order valence-corrected chi connectivity index (χ1v) is 8.74. The van der Waals surface area contributed by atoms with Crippen LogP contribution in [0.15, 0.2) is 10.5 Å². The van der Waals surface area contributed by atoms with Gasteiger partial charge in [0.25, 0.3) is 0 Å². The Kier molecular flexibility index (Phi) is 5.71. The molecule has 0 saturated heterocycles. The minimum atomic E-state index is 0.543. The van der Waals surface area contributed by atoms with Crippen molar-refractivity contribution >= 4 is 27.3 Å². The summed E-state index contributed by atoms with van der Waals surface area (Å²) in [5, 5.41) is 3.49. The summed E-state index contributed by atoms with van der Waals surface area (Å²) in [6, 6.07) is 2.84. The van der Waals surface area contributed by atoms with Crippen LogP contribution in [0.4, 0.5) is 0 Å². The molecule has 2 rings (SSSR count). The van der Waals surface area contributed by atoms with Crippen LogP contribution in [0, 0.1) is 12.8 Å². The standard InChI is InChI=1S/C15H24BrNS/c1-11-13(16)10-15(18-11)14(17-2)9-8-12-6-4-3-5-7-12/h10,12,14,17H,3-9H2,1-2H3. The van der Waals surface area contributed by atoms with Crippen molar-refractivity contribution in [1.29, 1.82) is 0 Å². The van der Waals surface area contributed by atoms with Gasteiger partial charge in [0.2, 0.25) is 0 Å². The third-order valence-electron chi connectivity index (χ3n) is 4.16. The van der Waals surface area contributed by atoms with E-state index in [-0.39, 0.29) is 0 Å². The van der Waals surface area contributed by atoms with Crippen LogP contribution in [0.3, 0.4) is 0 Å². The third kappa shape index (κ3) is 3.82. The zero-order chi connectivity index (χ0) is 13.0. The zero-order valence-electron chi connectivity index (χ0n) is 11.5. The van der Waals surface area contributed by atoms with Gasteiger partial charge < -0.3 is 5.32 Å². The number of nitrogens with one attached hydrogen (secondary N) is 1. The fourth-order valence-electron chi connectivity index (χ4n) is 2.96. The van der Waals surface area contributed by atoms with Gasteiger partial charge in [0.1, 0.15) is 0 Å². The van der Waals surface area contributed by atoms with E-state index in [9.17, 15) is 0 Å². The van der Waals surface area contributed by atoms with Crippen molar-refractivity contribution in [3.63, 3.8) is 0 Å². The predicted molar refractivity (Wildman–Crippen MR) is 84.4 cm³/mol. The maximum absolute atomic E-state index is 3.62. The van der Waals surface area contributed by atoms with Crippen LogP contribution in [-0.2, 0) is 0 Å². The van der Waals surface area contributed by atoms with Crippen molar-refractivity contribution in [2.75, 3.05) is 7.05 Å². The second-order valence-corrected chi connectivity index (χ2v) is 7.62. The van der Waals surface area contributed by atoms with Gasteiger partial charge in [-0.1, -0.05) is 32.1 Å². The van der Waals surface area contributed by atoms with Crippen LogP contribution in [0.1, 0.15) is 60.7 Å². The van der Waals surface area contributed by atoms with Gasteiger partial charge >= 0.3 is 0 Å². The lowest BCUT2D eigenvalue weighted by atomic mass is 9.85. The second kappa shape index (κ2) is 7.06. The maximum Gasteiger partial charge on any atom is 0.0412 e. The Balaban J connectivity index is 1.88. The Bertz CT molecular complexity index is 349. The molecule has 0 aliphatic heterocycles. The molecule has 1 atom stereocenters. The zero-order valence-corrected chi connectivity index (χ0v) is 13.9. The Morgan fingerprint density at radius 3 is 2.67 bits per heavy atom. The molecule has 18 heavy (non-hydrogen) atoms. The summed E-state index contributed by atoms with van der Waals surface area (Å²) in [5.74, 6) is 0.985. The molecule has 1 unspecified atom stereocenters. The molecule has 3 heteroatoms. The molecule has 0 radical (unpaired) electrons. The molecule has 0 amide bonds. The second-order valence-electron chi connectivity index (χ2n) is 5.48. The van der Waals surface area contributed by atoms with Gasteiger partial charge in [0, 0.05) is 20.3 Å². The predicted octanol–water partition coefficient (Wildman–Crippen LogP) is 5.44. The van der Waals surface area contributed by atoms with Crippen molar-refractivity contribution in [2.24, 2.45) is 5.92 Å². The smallest absolute Gasteiger partial charge is 0.0412 e. The van der Waals surface area contributed by atoms with E-state index in [1.807, 2.05) is 11.3 Å². The number of halogens is 1. The number of aryl methyl sites for hydroxylation is 1. The lowest BCUT2D eigenvalue weighted by Crippen LogP contribution is -2.17. The summed E-state index contributed by atoms with van der Waals surface area (Å²) in [5.41, 5.74) is 0. The summed E-state index contributed by atoms with van der Waals surface area (Å²) < 4.78 is 1.26. The number of thiophene rings is 1. The van der Waals surface area contributed by atoms with Crippen LogP contribution >= 0.6 is 27.3 Å². The number of hydrogen-bond acceptors (Lipinski definition) is 2. The molecule has 1 fully saturated rings. The highest BCUT2D eigenvalue weighted by atomic mass is 79.9. The molecule has 0 aromatic carbocycles. The van der Waals surface area contributed by atoms with Gasteiger partial charge in [-0.25, -0.2) is 0 Å². The van der Waals surface area contributed by atoms with Gasteiger partial charge in [0.05, 0.1) is 0 Å². The van der Waals surface area contributed by atoms with Gasteiger partial charge in [0.15, 0.2) is 0 Å². The Hall–Kier alpha value is 0.140. The fraction of sp³-hybridized carbons (Fsp3) is 0.733. The highest BCUT2D eigenvalue weighted by Gasteiger charge is 2.18. The highest BCUT2D eigenvalue weighted by Crippen LogP contribution is 2.35. The van der Waals surface area contributed by atoms with Gasteiger partial charge in [-0.2, -0.15) is 0 Å². The number of rotatable bonds is 5. The van der Waals surface area contributed by atoms with Crippen LogP contribution < -0.4 is 5.32 Å². The van der Waals surface area contributed by atoms with E-state index in [0.717, 1.165) is 5.92 Å². The molecule has 1 heterocycles. The molecule has 0 bridgehead atoms. The summed E-state index contributed by atoms with van der Waals surface area (Å²) in [6.45, 7) is 2.19. The third-order valence-corrected chi connectivity index (χ3v) is 6.41. The minimum absolute atomic E-state index is 0.543. The average molecular weight is 330 g/mol. The Morgan fingerprint density at radius 2 is 2.11 bits per heavy atom. The van der Waals surface area contributed by atoms with Crippen molar-refractivity contribution < 1.29 is 0 Å². The molecule has 102 valence electrons. The maximum atomic E-state index is 3.62. The minimum Gasteiger partial charge on any atom is -0.312 e. The summed E-state index contributed by atoms with van der Waals surface area (Å²) in [6.07, 6.45) is 9.97. The molecule has 1 N–H and O–H groups in total. The molecule has 1 aromatic rings. The SMILES string of the molecule is CNC(CCC1CCCCC1)c1cc(Br)c(C)s1. The van der Waals surface area contributed by atoms with E-state index < -0.39 is 0 Å². The van der Waals surface area contributed by atoms with E-state index in [1.165, 1.54) is 59.2 Å². The summed E-state index contributed by atoms with van der Waals surface area (Å²) in [7, 11) is 2.09. The highest BCUT2D eigenvalue weighted by molar-refractivity contribution is 9.10. The quantitative estimate of drug-likeness (QED) is 0.758. The Labute approximate surface area is 123 Å². The van der Waals surface area contributed by atoms with Gasteiger partial charge in [-0.3, -0.25) is 0 Å². The normalized spacial score (nSPS) is 19.1.